The Bertz CT molecular complexity index is 719. The fraction of sp³-hybridized carbons (Fsp3) is 0.200. The van der Waals surface area contributed by atoms with Crippen LogP contribution in [0, 0.1) is 0 Å². The van der Waals surface area contributed by atoms with E-state index < -0.39 is 0 Å². The molecule has 1 atom stereocenters. The van der Waals surface area contributed by atoms with Crippen LogP contribution in [0.25, 0.3) is 10.8 Å². The van der Waals surface area contributed by atoms with Crippen LogP contribution in [-0.4, -0.2) is 12.6 Å². The quantitative estimate of drug-likeness (QED) is 0.681. The fourth-order valence-corrected chi connectivity index (χ4v) is 2.56. The maximum absolute atomic E-state index is 6.03. The van der Waals surface area contributed by atoms with E-state index in [9.17, 15) is 0 Å². The van der Waals surface area contributed by atoms with Gasteiger partial charge in [-0.1, -0.05) is 61.5 Å². The van der Waals surface area contributed by atoms with Gasteiger partial charge < -0.3 is 10.1 Å². The van der Waals surface area contributed by atoms with Crippen LogP contribution in [0.5, 0.6) is 5.75 Å². The van der Waals surface area contributed by atoms with E-state index in [1.165, 1.54) is 10.8 Å². The number of nitrogens with one attached hydrogen (secondary N) is 1. The second kappa shape index (κ2) is 6.99. The van der Waals surface area contributed by atoms with Crippen molar-refractivity contribution in [3.8, 4) is 5.75 Å². The minimum absolute atomic E-state index is 0.154. The van der Waals surface area contributed by atoms with Gasteiger partial charge in [-0.05, 0) is 30.0 Å². The van der Waals surface area contributed by atoms with Gasteiger partial charge in [0.25, 0.3) is 0 Å². The van der Waals surface area contributed by atoms with Gasteiger partial charge in [-0.25, -0.2) is 0 Å². The number of rotatable bonds is 6. The highest BCUT2D eigenvalue weighted by Gasteiger charge is 2.08. The Morgan fingerprint density at radius 1 is 0.864 bits per heavy atom. The highest BCUT2D eigenvalue weighted by Crippen LogP contribution is 2.23. The predicted octanol–water partition coefficient (Wildman–Crippen LogP) is 5.11. The lowest BCUT2D eigenvalue weighted by Gasteiger charge is -2.19. The molecular formula is C20H21NO. The highest BCUT2D eigenvalue weighted by atomic mass is 16.5. The van der Waals surface area contributed by atoms with Crippen LogP contribution in [0.15, 0.2) is 72.8 Å². The third kappa shape index (κ3) is 3.40. The first-order valence-corrected chi connectivity index (χ1v) is 7.80. The molecule has 3 aromatic rings. The van der Waals surface area contributed by atoms with Crippen molar-refractivity contribution in [2.24, 2.45) is 0 Å². The lowest BCUT2D eigenvalue weighted by molar-refractivity contribution is 0.210. The molecule has 0 heterocycles. The van der Waals surface area contributed by atoms with Gasteiger partial charge in [0.15, 0.2) is 0 Å². The van der Waals surface area contributed by atoms with E-state index in [1.807, 2.05) is 30.3 Å². The number of anilines is 1. The van der Waals surface area contributed by atoms with Gasteiger partial charge in [0, 0.05) is 11.1 Å². The molecule has 0 spiro atoms. The average molecular weight is 291 g/mol. The molecule has 0 radical (unpaired) electrons. The number of hydrogen-bond donors (Lipinski definition) is 1. The van der Waals surface area contributed by atoms with Crippen LogP contribution < -0.4 is 10.1 Å². The smallest absolute Gasteiger partial charge is 0.119 e. The molecule has 0 amide bonds. The molecule has 2 heteroatoms. The van der Waals surface area contributed by atoms with Gasteiger partial charge in [0.2, 0.25) is 0 Å². The lowest BCUT2D eigenvalue weighted by Crippen LogP contribution is -2.25. The van der Waals surface area contributed by atoms with E-state index in [0.29, 0.717) is 0 Å². The Morgan fingerprint density at radius 2 is 1.59 bits per heavy atom. The van der Waals surface area contributed by atoms with Crippen molar-refractivity contribution in [3.63, 3.8) is 0 Å². The molecule has 0 aromatic heterocycles. The summed E-state index contributed by atoms with van der Waals surface area (Å²) in [5, 5.41) is 6.04. The Labute approximate surface area is 131 Å². The zero-order valence-corrected chi connectivity index (χ0v) is 12.8. The van der Waals surface area contributed by atoms with Crippen LogP contribution in [0.1, 0.15) is 13.3 Å². The first kappa shape index (κ1) is 14.5. The van der Waals surface area contributed by atoms with Gasteiger partial charge in [0.05, 0.1) is 6.54 Å². The summed E-state index contributed by atoms with van der Waals surface area (Å²) in [4.78, 5) is 0. The Morgan fingerprint density at radius 3 is 2.41 bits per heavy atom. The Kier molecular flexibility index (Phi) is 4.59. The zero-order chi connectivity index (χ0) is 15.2. The van der Waals surface area contributed by atoms with Crippen LogP contribution in [-0.2, 0) is 0 Å². The number of fused-ring (bicyclic) bond motifs is 1. The van der Waals surface area contributed by atoms with E-state index in [1.54, 1.807) is 0 Å². The van der Waals surface area contributed by atoms with Crippen molar-refractivity contribution in [1.82, 2.24) is 0 Å². The van der Waals surface area contributed by atoms with Crippen molar-refractivity contribution in [3.05, 3.63) is 72.8 Å². The third-order valence-corrected chi connectivity index (χ3v) is 3.81. The number of para-hydroxylation sites is 1. The average Bonchev–Trinajstić information content (AvgIpc) is 2.59. The summed E-state index contributed by atoms with van der Waals surface area (Å²) in [6.45, 7) is 2.94. The second-order valence-electron chi connectivity index (χ2n) is 5.37. The van der Waals surface area contributed by atoms with Gasteiger partial charge in [-0.2, -0.15) is 0 Å². The van der Waals surface area contributed by atoms with Crippen molar-refractivity contribution >= 4 is 16.5 Å². The van der Waals surface area contributed by atoms with E-state index in [4.69, 9.17) is 4.74 Å². The molecule has 112 valence electrons. The van der Waals surface area contributed by atoms with E-state index in [0.717, 1.165) is 24.4 Å². The molecule has 3 aromatic carbocycles. The van der Waals surface area contributed by atoms with Gasteiger partial charge >= 0.3 is 0 Å². The maximum Gasteiger partial charge on any atom is 0.119 e. The highest BCUT2D eigenvalue weighted by molar-refractivity contribution is 5.93. The number of hydrogen-bond acceptors (Lipinski definition) is 2. The Hall–Kier alpha value is -2.48. The van der Waals surface area contributed by atoms with Crippen LogP contribution in [0.4, 0.5) is 5.69 Å². The first-order valence-electron chi connectivity index (χ1n) is 7.80. The molecular weight excluding hydrogens is 270 g/mol. The van der Waals surface area contributed by atoms with Gasteiger partial charge in [-0.3, -0.25) is 0 Å². The molecule has 1 N–H and O–H groups in total. The van der Waals surface area contributed by atoms with Crippen molar-refractivity contribution < 1.29 is 4.74 Å². The van der Waals surface area contributed by atoms with Gasteiger partial charge in [-0.15, -0.1) is 0 Å². The molecule has 0 aliphatic rings. The maximum atomic E-state index is 6.03. The summed E-state index contributed by atoms with van der Waals surface area (Å²) in [7, 11) is 0. The molecule has 0 saturated heterocycles. The Balaban J connectivity index is 1.69. The molecule has 0 fully saturated rings. The second-order valence-corrected chi connectivity index (χ2v) is 5.37. The SMILES string of the molecule is CC[C@@H](CNc1cccc2ccccc12)Oc1ccccc1. The summed E-state index contributed by atoms with van der Waals surface area (Å²) in [6.07, 6.45) is 1.12. The summed E-state index contributed by atoms with van der Waals surface area (Å²) < 4.78 is 6.03. The predicted molar refractivity (Wildman–Crippen MR) is 93.6 cm³/mol. The summed E-state index contributed by atoms with van der Waals surface area (Å²) in [6, 6.07) is 24.8. The zero-order valence-electron chi connectivity index (χ0n) is 12.8. The molecule has 3 rings (SSSR count). The number of benzene rings is 3. The minimum Gasteiger partial charge on any atom is -0.489 e. The molecule has 22 heavy (non-hydrogen) atoms. The largest absolute Gasteiger partial charge is 0.489 e. The van der Waals surface area contributed by atoms with E-state index in [-0.39, 0.29) is 6.10 Å². The minimum atomic E-state index is 0.154. The lowest BCUT2D eigenvalue weighted by atomic mass is 10.1. The van der Waals surface area contributed by atoms with E-state index in [2.05, 4.69) is 54.7 Å². The topological polar surface area (TPSA) is 21.3 Å². The van der Waals surface area contributed by atoms with E-state index >= 15 is 0 Å². The van der Waals surface area contributed by atoms with Gasteiger partial charge in [0.1, 0.15) is 11.9 Å². The molecule has 2 nitrogen and oxygen atoms in total. The van der Waals surface area contributed by atoms with Crippen molar-refractivity contribution in [2.75, 3.05) is 11.9 Å². The summed E-state index contributed by atoms with van der Waals surface area (Å²) in [5.41, 5.74) is 1.16. The summed E-state index contributed by atoms with van der Waals surface area (Å²) in [5.74, 6) is 0.925. The standard InChI is InChI=1S/C20H21NO/c1-2-17(22-18-11-4-3-5-12-18)15-21-20-14-8-10-16-9-6-7-13-19(16)20/h3-14,17,21H,2,15H2,1H3/t17-/m0/s1. The molecule has 0 aliphatic heterocycles. The molecule has 0 bridgehead atoms. The molecule has 0 saturated carbocycles. The van der Waals surface area contributed by atoms with Crippen LogP contribution in [0.2, 0.25) is 0 Å². The monoisotopic (exact) mass is 291 g/mol. The number of ether oxygens (including phenoxy) is 1. The van der Waals surface area contributed by atoms with Crippen LogP contribution in [0.3, 0.4) is 0 Å². The molecule has 0 aliphatic carbocycles. The van der Waals surface area contributed by atoms with Crippen molar-refractivity contribution in [2.45, 2.75) is 19.4 Å². The first-order chi connectivity index (χ1) is 10.9. The normalized spacial score (nSPS) is 12.0. The third-order valence-electron chi connectivity index (χ3n) is 3.81. The fourth-order valence-electron chi connectivity index (χ4n) is 2.56. The molecule has 0 unspecified atom stereocenters. The van der Waals surface area contributed by atoms with Crippen molar-refractivity contribution in [1.29, 1.82) is 0 Å². The van der Waals surface area contributed by atoms with Crippen LogP contribution >= 0.6 is 0 Å². The summed E-state index contributed by atoms with van der Waals surface area (Å²) >= 11 is 0.